The number of phenols is 1. The Labute approximate surface area is 119 Å². The van der Waals surface area contributed by atoms with Crippen LogP contribution in [0, 0.1) is 0 Å². The molecule has 0 spiro atoms. The summed E-state index contributed by atoms with van der Waals surface area (Å²) in [6.45, 7) is 5.35. The van der Waals surface area contributed by atoms with Crippen molar-refractivity contribution in [1.29, 1.82) is 0 Å². The van der Waals surface area contributed by atoms with Gasteiger partial charge >= 0.3 is 0 Å². The lowest BCUT2D eigenvalue weighted by Gasteiger charge is -2.12. The highest BCUT2D eigenvalue weighted by molar-refractivity contribution is 7.12. The highest BCUT2D eigenvalue weighted by atomic mass is 32.1. The quantitative estimate of drug-likeness (QED) is 0.837. The molecule has 2 rings (SSSR count). The zero-order chi connectivity index (χ0) is 13.7. The first-order valence-corrected chi connectivity index (χ1v) is 7.60. The van der Waals surface area contributed by atoms with E-state index in [0.29, 0.717) is 11.8 Å². The van der Waals surface area contributed by atoms with Crippen molar-refractivity contribution in [3.05, 3.63) is 51.7 Å². The molecule has 1 unspecified atom stereocenters. The van der Waals surface area contributed by atoms with Crippen LogP contribution < -0.4 is 5.32 Å². The molecule has 2 N–H and O–H groups in total. The number of aromatic hydroxyl groups is 1. The largest absolute Gasteiger partial charge is 0.508 e. The van der Waals surface area contributed by atoms with E-state index in [9.17, 15) is 5.11 Å². The van der Waals surface area contributed by atoms with E-state index in [1.54, 1.807) is 12.1 Å². The Morgan fingerprint density at radius 2 is 1.89 bits per heavy atom. The Morgan fingerprint density at radius 3 is 2.53 bits per heavy atom. The Morgan fingerprint density at radius 1 is 1.16 bits per heavy atom. The van der Waals surface area contributed by atoms with E-state index in [4.69, 9.17) is 0 Å². The molecule has 19 heavy (non-hydrogen) atoms. The summed E-state index contributed by atoms with van der Waals surface area (Å²) in [6, 6.07) is 12.3. The van der Waals surface area contributed by atoms with E-state index < -0.39 is 0 Å². The molecule has 0 radical (unpaired) electrons. The molecule has 0 aliphatic carbocycles. The highest BCUT2D eigenvalue weighted by Gasteiger charge is 2.07. The van der Waals surface area contributed by atoms with Gasteiger partial charge in [0.25, 0.3) is 0 Å². The van der Waals surface area contributed by atoms with Crippen LogP contribution in [0.4, 0.5) is 0 Å². The third-order valence-corrected chi connectivity index (χ3v) is 4.67. The maximum atomic E-state index is 9.23. The fourth-order valence-corrected chi connectivity index (χ4v) is 2.99. The smallest absolute Gasteiger partial charge is 0.115 e. The van der Waals surface area contributed by atoms with E-state index in [1.807, 2.05) is 23.5 Å². The molecule has 0 fully saturated rings. The highest BCUT2D eigenvalue weighted by Crippen LogP contribution is 2.23. The third kappa shape index (κ3) is 4.08. The molecule has 0 saturated heterocycles. The van der Waals surface area contributed by atoms with Gasteiger partial charge in [0.05, 0.1) is 0 Å². The second-order valence-electron chi connectivity index (χ2n) is 4.75. The van der Waals surface area contributed by atoms with Gasteiger partial charge in [0.1, 0.15) is 5.75 Å². The van der Waals surface area contributed by atoms with E-state index in [0.717, 1.165) is 19.4 Å². The second kappa shape index (κ2) is 6.73. The first-order valence-electron chi connectivity index (χ1n) is 6.79. The van der Waals surface area contributed by atoms with Gasteiger partial charge in [-0.2, -0.15) is 0 Å². The number of rotatable bonds is 6. The number of benzene rings is 1. The summed E-state index contributed by atoms with van der Waals surface area (Å²) in [5.74, 6) is 0.329. The average molecular weight is 275 g/mol. The van der Waals surface area contributed by atoms with Crippen LogP contribution in [-0.4, -0.2) is 11.7 Å². The second-order valence-corrected chi connectivity index (χ2v) is 5.95. The van der Waals surface area contributed by atoms with Crippen LogP contribution in [-0.2, 0) is 12.8 Å². The first kappa shape index (κ1) is 14.1. The van der Waals surface area contributed by atoms with Crippen LogP contribution >= 0.6 is 11.3 Å². The third-order valence-electron chi connectivity index (χ3n) is 3.26. The van der Waals surface area contributed by atoms with Gasteiger partial charge < -0.3 is 10.4 Å². The van der Waals surface area contributed by atoms with Crippen molar-refractivity contribution >= 4 is 11.3 Å². The molecule has 2 nitrogen and oxygen atoms in total. The van der Waals surface area contributed by atoms with Gasteiger partial charge in [0, 0.05) is 15.8 Å². The van der Waals surface area contributed by atoms with Gasteiger partial charge in [-0.05, 0) is 56.1 Å². The number of thiophene rings is 1. The lowest BCUT2D eigenvalue weighted by Crippen LogP contribution is -2.20. The summed E-state index contributed by atoms with van der Waals surface area (Å²) in [5.41, 5.74) is 1.25. The average Bonchev–Trinajstić information content (AvgIpc) is 2.90. The molecule has 1 aromatic carbocycles. The SMILES string of the molecule is CCc1ccc(C(C)NCCc2ccc(O)cc2)s1. The monoisotopic (exact) mass is 275 g/mol. The fraction of sp³-hybridized carbons (Fsp3) is 0.375. The Kier molecular flexibility index (Phi) is 5.00. The predicted octanol–water partition coefficient (Wildman–Crippen LogP) is 3.91. The molecule has 0 bridgehead atoms. The summed E-state index contributed by atoms with van der Waals surface area (Å²) in [6.07, 6.45) is 2.10. The Balaban J connectivity index is 1.80. The molecular weight excluding hydrogens is 254 g/mol. The molecule has 0 saturated carbocycles. The van der Waals surface area contributed by atoms with Crippen LogP contribution in [0.3, 0.4) is 0 Å². The zero-order valence-corrected chi connectivity index (χ0v) is 12.3. The van der Waals surface area contributed by atoms with E-state index in [-0.39, 0.29) is 0 Å². The van der Waals surface area contributed by atoms with Crippen molar-refractivity contribution in [2.75, 3.05) is 6.54 Å². The molecule has 0 aliphatic rings. The lowest BCUT2D eigenvalue weighted by atomic mass is 10.1. The minimum atomic E-state index is 0.329. The number of hydrogen-bond acceptors (Lipinski definition) is 3. The number of hydrogen-bond donors (Lipinski definition) is 2. The van der Waals surface area contributed by atoms with Crippen molar-refractivity contribution in [3.8, 4) is 5.75 Å². The predicted molar refractivity (Wildman–Crippen MR) is 81.9 cm³/mol. The summed E-state index contributed by atoms with van der Waals surface area (Å²) < 4.78 is 0. The maximum Gasteiger partial charge on any atom is 0.115 e. The van der Waals surface area contributed by atoms with Crippen molar-refractivity contribution in [2.24, 2.45) is 0 Å². The zero-order valence-electron chi connectivity index (χ0n) is 11.5. The first-order chi connectivity index (χ1) is 9.19. The van der Waals surface area contributed by atoms with E-state index in [2.05, 4.69) is 31.3 Å². The molecule has 1 aromatic heterocycles. The Bertz CT molecular complexity index is 504. The lowest BCUT2D eigenvalue weighted by molar-refractivity contribution is 0.475. The minimum Gasteiger partial charge on any atom is -0.508 e. The van der Waals surface area contributed by atoms with Gasteiger partial charge in [0.15, 0.2) is 0 Å². The van der Waals surface area contributed by atoms with Crippen molar-refractivity contribution in [1.82, 2.24) is 5.32 Å². The van der Waals surface area contributed by atoms with Crippen LogP contribution in [0.15, 0.2) is 36.4 Å². The van der Waals surface area contributed by atoms with Gasteiger partial charge in [-0.1, -0.05) is 19.1 Å². The van der Waals surface area contributed by atoms with E-state index in [1.165, 1.54) is 15.3 Å². The summed E-state index contributed by atoms with van der Waals surface area (Å²) in [4.78, 5) is 2.85. The summed E-state index contributed by atoms with van der Waals surface area (Å²) >= 11 is 1.89. The molecule has 2 aromatic rings. The van der Waals surface area contributed by atoms with Gasteiger partial charge in [-0.15, -0.1) is 11.3 Å². The molecule has 1 atom stereocenters. The molecule has 102 valence electrons. The fourth-order valence-electron chi connectivity index (χ4n) is 2.01. The number of phenolic OH excluding ortho intramolecular Hbond substituents is 1. The number of nitrogens with one attached hydrogen (secondary N) is 1. The molecule has 1 heterocycles. The Hall–Kier alpha value is -1.32. The van der Waals surface area contributed by atoms with Crippen molar-refractivity contribution < 1.29 is 5.11 Å². The van der Waals surface area contributed by atoms with Crippen LogP contribution in [0.1, 0.15) is 35.2 Å². The summed E-state index contributed by atoms with van der Waals surface area (Å²) in [7, 11) is 0. The number of aryl methyl sites for hydroxylation is 1. The van der Waals surface area contributed by atoms with Crippen molar-refractivity contribution in [2.45, 2.75) is 32.7 Å². The van der Waals surface area contributed by atoms with Crippen molar-refractivity contribution in [3.63, 3.8) is 0 Å². The van der Waals surface area contributed by atoms with Crippen LogP contribution in [0.2, 0.25) is 0 Å². The molecular formula is C16H21NOS. The van der Waals surface area contributed by atoms with E-state index >= 15 is 0 Å². The standard InChI is InChI=1S/C16H21NOS/c1-3-15-8-9-16(19-15)12(2)17-11-10-13-4-6-14(18)7-5-13/h4-9,12,17-18H,3,10-11H2,1-2H3. The van der Waals surface area contributed by atoms with Gasteiger partial charge in [-0.25, -0.2) is 0 Å². The normalized spacial score (nSPS) is 12.5. The van der Waals surface area contributed by atoms with Crippen LogP contribution in [0.25, 0.3) is 0 Å². The molecule has 0 aliphatic heterocycles. The minimum absolute atomic E-state index is 0.329. The summed E-state index contributed by atoms with van der Waals surface area (Å²) in [5, 5.41) is 12.8. The molecule has 3 heteroatoms. The van der Waals surface area contributed by atoms with Gasteiger partial charge in [0.2, 0.25) is 0 Å². The topological polar surface area (TPSA) is 32.3 Å². The van der Waals surface area contributed by atoms with Crippen LogP contribution in [0.5, 0.6) is 5.75 Å². The van der Waals surface area contributed by atoms with Gasteiger partial charge in [-0.3, -0.25) is 0 Å². The molecule has 0 amide bonds. The maximum absolute atomic E-state index is 9.23.